The van der Waals surface area contributed by atoms with Crippen LogP contribution in [-0.4, -0.2) is 5.91 Å². The molecule has 0 aromatic rings. The van der Waals surface area contributed by atoms with E-state index in [1.165, 1.54) is 0 Å². The van der Waals surface area contributed by atoms with Crippen LogP contribution in [0.3, 0.4) is 0 Å². The number of nitrogens with one attached hydrogen (secondary N) is 1. The SMILES string of the molecule is C=C(CC)NC(=O)/C(C)=C/C. The quantitative estimate of drug-likeness (QED) is 0.617. The monoisotopic (exact) mass is 153 g/mol. The highest BCUT2D eigenvalue weighted by molar-refractivity contribution is 5.93. The molecule has 0 aliphatic carbocycles. The normalized spacial score (nSPS) is 11.0. The summed E-state index contributed by atoms with van der Waals surface area (Å²) in [5.41, 5.74) is 1.48. The molecule has 0 aromatic heterocycles. The lowest BCUT2D eigenvalue weighted by Crippen LogP contribution is -2.22. The Morgan fingerprint density at radius 2 is 2.18 bits per heavy atom. The third kappa shape index (κ3) is 3.61. The van der Waals surface area contributed by atoms with Gasteiger partial charge in [0.25, 0.3) is 5.91 Å². The molecular formula is C9H15NO. The van der Waals surface area contributed by atoms with Crippen molar-refractivity contribution < 1.29 is 4.79 Å². The Kier molecular flexibility index (Phi) is 4.27. The molecule has 0 bridgehead atoms. The van der Waals surface area contributed by atoms with Crippen molar-refractivity contribution in [2.75, 3.05) is 0 Å². The fourth-order valence-electron chi connectivity index (χ4n) is 0.479. The molecule has 0 aliphatic heterocycles. The molecule has 0 spiro atoms. The molecule has 1 N–H and O–H groups in total. The Morgan fingerprint density at radius 1 is 1.64 bits per heavy atom. The number of amides is 1. The zero-order valence-electron chi connectivity index (χ0n) is 7.40. The van der Waals surface area contributed by atoms with Crippen molar-refractivity contribution in [3.8, 4) is 0 Å². The van der Waals surface area contributed by atoms with Crippen LogP contribution in [0.1, 0.15) is 27.2 Å². The number of carbonyl (C=O) groups excluding carboxylic acids is 1. The highest BCUT2D eigenvalue weighted by atomic mass is 16.1. The first-order valence-corrected chi connectivity index (χ1v) is 3.73. The molecule has 0 aromatic carbocycles. The van der Waals surface area contributed by atoms with Crippen molar-refractivity contribution in [3.63, 3.8) is 0 Å². The van der Waals surface area contributed by atoms with Crippen molar-refractivity contribution in [1.29, 1.82) is 0 Å². The van der Waals surface area contributed by atoms with Crippen LogP contribution >= 0.6 is 0 Å². The Bertz CT molecular complexity index is 192. The molecule has 0 radical (unpaired) electrons. The lowest BCUT2D eigenvalue weighted by molar-refractivity contribution is -0.116. The molecule has 0 fully saturated rings. The summed E-state index contributed by atoms with van der Waals surface area (Å²) in [6.45, 7) is 9.24. The fourth-order valence-corrected chi connectivity index (χ4v) is 0.479. The van der Waals surface area contributed by atoms with Gasteiger partial charge in [0.2, 0.25) is 0 Å². The summed E-state index contributed by atoms with van der Waals surface area (Å²) in [5.74, 6) is -0.0562. The highest BCUT2D eigenvalue weighted by Crippen LogP contribution is 1.96. The van der Waals surface area contributed by atoms with Crippen molar-refractivity contribution in [1.82, 2.24) is 5.32 Å². The summed E-state index contributed by atoms with van der Waals surface area (Å²) in [7, 11) is 0. The van der Waals surface area contributed by atoms with Crippen LogP contribution in [-0.2, 0) is 4.79 Å². The van der Waals surface area contributed by atoms with Crippen LogP contribution in [0.5, 0.6) is 0 Å². The molecule has 1 amide bonds. The van der Waals surface area contributed by atoms with Crippen LogP contribution in [0.15, 0.2) is 23.9 Å². The first-order valence-electron chi connectivity index (χ1n) is 3.73. The maximum absolute atomic E-state index is 11.1. The number of rotatable bonds is 3. The third-order valence-electron chi connectivity index (χ3n) is 1.51. The molecule has 62 valence electrons. The predicted molar refractivity (Wildman–Crippen MR) is 47.0 cm³/mol. The van der Waals surface area contributed by atoms with Gasteiger partial charge < -0.3 is 5.32 Å². The van der Waals surface area contributed by atoms with Crippen LogP contribution < -0.4 is 5.32 Å². The molecule has 0 aliphatic rings. The average molecular weight is 153 g/mol. The minimum absolute atomic E-state index is 0.0562. The van der Waals surface area contributed by atoms with Gasteiger partial charge in [-0.3, -0.25) is 4.79 Å². The van der Waals surface area contributed by atoms with Gasteiger partial charge >= 0.3 is 0 Å². The largest absolute Gasteiger partial charge is 0.327 e. The van der Waals surface area contributed by atoms with E-state index in [9.17, 15) is 4.79 Å². The van der Waals surface area contributed by atoms with E-state index in [0.29, 0.717) is 0 Å². The van der Waals surface area contributed by atoms with Gasteiger partial charge in [-0.05, 0) is 20.3 Å². The zero-order chi connectivity index (χ0) is 8.85. The van der Waals surface area contributed by atoms with E-state index in [1.807, 2.05) is 13.8 Å². The molecule has 2 heteroatoms. The van der Waals surface area contributed by atoms with E-state index in [1.54, 1.807) is 13.0 Å². The second-order valence-electron chi connectivity index (χ2n) is 2.38. The van der Waals surface area contributed by atoms with Gasteiger partial charge in [-0.15, -0.1) is 0 Å². The van der Waals surface area contributed by atoms with E-state index in [0.717, 1.165) is 17.7 Å². The van der Waals surface area contributed by atoms with E-state index >= 15 is 0 Å². The van der Waals surface area contributed by atoms with Gasteiger partial charge in [-0.25, -0.2) is 0 Å². The van der Waals surface area contributed by atoms with Gasteiger partial charge in [-0.2, -0.15) is 0 Å². The lowest BCUT2D eigenvalue weighted by Gasteiger charge is -2.04. The molecule has 2 nitrogen and oxygen atoms in total. The minimum atomic E-state index is -0.0562. The van der Waals surface area contributed by atoms with E-state index < -0.39 is 0 Å². The van der Waals surface area contributed by atoms with Crippen molar-refractivity contribution >= 4 is 5.91 Å². The summed E-state index contributed by atoms with van der Waals surface area (Å²) < 4.78 is 0. The van der Waals surface area contributed by atoms with E-state index in [-0.39, 0.29) is 5.91 Å². The number of hydrogen-bond acceptors (Lipinski definition) is 1. The molecule has 0 rings (SSSR count). The molecule has 0 heterocycles. The number of carbonyl (C=O) groups is 1. The van der Waals surface area contributed by atoms with Gasteiger partial charge in [0.1, 0.15) is 0 Å². The zero-order valence-corrected chi connectivity index (χ0v) is 7.40. The smallest absolute Gasteiger partial charge is 0.250 e. The minimum Gasteiger partial charge on any atom is -0.327 e. The fraction of sp³-hybridized carbons (Fsp3) is 0.444. The summed E-state index contributed by atoms with van der Waals surface area (Å²) in [6.07, 6.45) is 2.56. The highest BCUT2D eigenvalue weighted by Gasteiger charge is 2.01. The van der Waals surface area contributed by atoms with Gasteiger partial charge in [-0.1, -0.05) is 19.6 Å². The Morgan fingerprint density at radius 3 is 2.55 bits per heavy atom. The maximum Gasteiger partial charge on any atom is 0.250 e. The van der Waals surface area contributed by atoms with Gasteiger partial charge in [0.05, 0.1) is 0 Å². The van der Waals surface area contributed by atoms with Crippen molar-refractivity contribution in [2.24, 2.45) is 0 Å². The van der Waals surface area contributed by atoms with Crippen LogP contribution in [0.4, 0.5) is 0 Å². The lowest BCUT2D eigenvalue weighted by atomic mass is 10.2. The van der Waals surface area contributed by atoms with Crippen LogP contribution in [0, 0.1) is 0 Å². The first-order chi connectivity index (χ1) is 5.11. The Labute approximate surface area is 68.0 Å². The molecule has 0 saturated carbocycles. The Hall–Kier alpha value is -1.05. The molecule has 11 heavy (non-hydrogen) atoms. The number of allylic oxidation sites excluding steroid dienone is 2. The standard InChI is InChI=1S/C9H15NO/c1-5-7(3)9(11)10-8(4)6-2/h5H,4,6H2,1-3H3,(H,10,11)/b7-5+. The molecule has 0 unspecified atom stereocenters. The van der Waals surface area contributed by atoms with E-state index in [4.69, 9.17) is 0 Å². The van der Waals surface area contributed by atoms with Crippen molar-refractivity contribution in [3.05, 3.63) is 23.9 Å². The summed E-state index contributed by atoms with van der Waals surface area (Å²) in [4.78, 5) is 11.1. The molecule has 0 atom stereocenters. The van der Waals surface area contributed by atoms with Crippen molar-refractivity contribution in [2.45, 2.75) is 27.2 Å². The van der Waals surface area contributed by atoms with E-state index in [2.05, 4.69) is 11.9 Å². The number of hydrogen-bond donors (Lipinski definition) is 1. The predicted octanol–water partition coefficient (Wildman–Crippen LogP) is 1.99. The van der Waals surface area contributed by atoms with Gasteiger partial charge in [0.15, 0.2) is 0 Å². The second-order valence-corrected chi connectivity index (χ2v) is 2.38. The average Bonchev–Trinajstić information content (AvgIpc) is 2.02. The van der Waals surface area contributed by atoms with Gasteiger partial charge in [0, 0.05) is 11.3 Å². The maximum atomic E-state index is 11.1. The Balaban J connectivity index is 3.98. The summed E-state index contributed by atoms with van der Waals surface area (Å²) >= 11 is 0. The topological polar surface area (TPSA) is 29.1 Å². The molecule has 0 saturated heterocycles. The second kappa shape index (κ2) is 4.72. The van der Waals surface area contributed by atoms with Crippen LogP contribution in [0.2, 0.25) is 0 Å². The first kappa shape index (κ1) is 9.95. The van der Waals surface area contributed by atoms with Crippen LogP contribution in [0.25, 0.3) is 0 Å². The summed E-state index contributed by atoms with van der Waals surface area (Å²) in [5, 5.41) is 2.68. The molecular weight excluding hydrogens is 138 g/mol. The third-order valence-corrected chi connectivity index (χ3v) is 1.51. The summed E-state index contributed by atoms with van der Waals surface area (Å²) in [6, 6.07) is 0.